The van der Waals surface area contributed by atoms with E-state index >= 15 is 0 Å². The number of ether oxygens (including phenoxy) is 1. The number of hydrogen-bond donors (Lipinski definition) is 0. The van der Waals surface area contributed by atoms with Gasteiger partial charge in [0.25, 0.3) is 5.65 Å². The van der Waals surface area contributed by atoms with Crippen LogP contribution in [0.1, 0.15) is 63.8 Å². The molecule has 180 valence electrons. The Morgan fingerprint density at radius 1 is 1.03 bits per heavy atom. The lowest BCUT2D eigenvalue weighted by Gasteiger charge is -2.60. The van der Waals surface area contributed by atoms with E-state index in [0.29, 0.717) is 0 Å². The van der Waals surface area contributed by atoms with Gasteiger partial charge in [-0.1, -0.05) is 45.9 Å². The van der Waals surface area contributed by atoms with Crippen molar-refractivity contribution in [3.8, 4) is 11.5 Å². The van der Waals surface area contributed by atoms with Gasteiger partial charge < -0.3 is 4.74 Å². The first-order chi connectivity index (χ1) is 17.3. The molecule has 0 radical (unpaired) electrons. The zero-order chi connectivity index (χ0) is 24.4. The maximum atomic E-state index is 6.47. The molecule has 2 bridgehead atoms. The summed E-state index contributed by atoms with van der Waals surface area (Å²) in [6.07, 6.45) is 7.89. The van der Waals surface area contributed by atoms with Gasteiger partial charge in [0.1, 0.15) is 17.0 Å². The Kier molecular flexibility index (Phi) is 3.73. The molecule has 3 aliphatic rings. The lowest BCUT2D eigenvalue weighted by atomic mass is 9.47. The molecule has 5 heterocycles. The highest BCUT2D eigenvalue weighted by molar-refractivity contribution is 6.06. The van der Waals surface area contributed by atoms with Crippen LogP contribution in [0.4, 0.5) is 0 Å². The normalized spacial score (nSPS) is 23.7. The summed E-state index contributed by atoms with van der Waals surface area (Å²) in [5, 5.41) is 1.34. The van der Waals surface area contributed by atoms with Crippen molar-refractivity contribution >= 4 is 27.6 Å². The molecule has 3 aromatic heterocycles. The number of hydrogen-bond acceptors (Lipinski definition) is 2. The Bertz CT molecular complexity index is 1740. The minimum atomic E-state index is 0.0983. The SMILES string of the molecule is CCC12CCC13Cc1ccn4c5c(CC(C)(C)C)nc6cc(Oc7ccccc7)cc2c6c5[n+]3c4c1. The monoisotopic (exact) mass is 474 g/mol. The van der Waals surface area contributed by atoms with Gasteiger partial charge in [0.05, 0.1) is 22.8 Å². The van der Waals surface area contributed by atoms with Crippen LogP contribution < -0.4 is 9.30 Å². The van der Waals surface area contributed by atoms with E-state index in [9.17, 15) is 0 Å². The predicted octanol–water partition coefficient (Wildman–Crippen LogP) is 7.02. The van der Waals surface area contributed by atoms with Crippen LogP contribution in [0, 0.1) is 5.41 Å². The maximum absolute atomic E-state index is 6.47. The largest absolute Gasteiger partial charge is 0.457 e. The molecule has 1 aliphatic carbocycles. The van der Waals surface area contributed by atoms with Gasteiger partial charge in [0, 0.05) is 24.0 Å². The molecule has 8 rings (SSSR count). The molecule has 1 fully saturated rings. The fourth-order valence-electron chi connectivity index (χ4n) is 7.90. The number of fused-ring (bicyclic) bond motifs is 3. The fourth-order valence-corrected chi connectivity index (χ4v) is 7.90. The predicted molar refractivity (Wildman–Crippen MR) is 143 cm³/mol. The summed E-state index contributed by atoms with van der Waals surface area (Å²) in [5.74, 6) is 1.78. The standard InChI is InChI=1S/C32H32N3O/c1-5-31-12-13-32(31)18-20-11-14-34-26(15-20)35(32)29-27-23(31)16-22(36-21-9-7-6-8-10-21)17-24(27)33-25(28(29)34)19-30(2,3)4/h6-11,14-17H,5,12-13,18-19H2,1-4H3/q+1. The van der Waals surface area contributed by atoms with Crippen molar-refractivity contribution in [2.75, 3.05) is 0 Å². The van der Waals surface area contributed by atoms with Crippen LogP contribution in [0.15, 0.2) is 60.8 Å². The quantitative estimate of drug-likeness (QED) is 0.262. The minimum Gasteiger partial charge on any atom is -0.457 e. The van der Waals surface area contributed by atoms with Crippen LogP contribution >= 0.6 is 0 Å². The van der Waals surface area contributed by atoms with Crippen molar-refractivity contribution in [2.24, 2.45) is 5.41 Å². The van der Waals surface area contributed by atoms with Crippen LogP contribution in [0.2, 0.25) is 0 Å². The van der Waals surface area contributed by atoms with E-state index in [1.54, 1.807) is 0 Å². The third-order valence-electron chi connectivity index (χ3n) is 9.35. The third-order valence-corrected chi connectivity index (χ3v) is 9.35. The van der Waals surface area contributed by atoms with Crippen molar-refractivity contribution < 1.29 is 9.30 Å². The Labute approximate surface area is 211 Å². The molecule has 4 nitrogen and oxygen atoms in total. The highest BCUT2D eigenvalue weighted by Gasteiger charge is 2.68. The molecule has 2 aromatic carbocycles. The smallest absolute Gasteiger partial charge is 0.288 e. The summed E-state index contributed by atoms with van der Waals surface area (Å²) in [6, 6.07) is 19.5. The molecule has 0 N–H and O–H groups in total. The van der Waals surface area contributed by atoms with E-state index in [1.807, 2.05) is 30.3 Å². The Morgan fingerprint density at radius 3 is 2.58 bits per heavy atom. The summed E-state index contributed by atoms with van der Waals surface area (Å²) in [4.78, 5) is 5.42. The molecule has 4 heteroatoms. The van der Waals surface area contributed by atoms with E-state index in [0.717, 1.165) is 36.3 Å². The molecule has 1 spiro atoms. The van der Waals surface area contributed by atoms with E-state index in [-0.39, 0.29) is 16.4 Å². The number of benzene rings is 2. The van der Waals surface area contributed by atoms with Crippen molar-refractivity contribution in [3.05, 3.63) is 77.6 Å². The Morgan fingerprint density at radius 2 is 1.86 bits per heavy atom. The van der Waals surface area contributed by atoms with Gasteiger partial charge in [-0.05, 0) is 66.5 Å². The van der Waals surface area contributed by atoms with Gasteiger partial charge in [-0.2, -0.15) is 4.40 Å². The summed E-state index contributed by atoms with van der Waals surface area (Å²) in [7, 11) is 0. The second-order valence-corrected chi connectivity index (χ2v) is 12.5. The molecular weight excluding hydrogens is 442 g/mol. The number of pyridine rings is 2. The van der Waals surface area contributed by atoms with E-state index in [4.69, 9.17) is 9.72 Å². The lowest BCUT2D eigenvalue weighted by molar-refractivity contribution is -0.749. The number of imidazole rings is 1. The minimum absolute atomic E-state index is 0.0983. The summed E-state index contributed by atoms with van der Waals surface area (Å²) in [5.41, 5.74) is 9.54. The topological polar surface area (TPSA) is 30.4 Å². The van der Waals surface area contributed by atoms with E-state index in [1.165, 1.54) is 51.7 Å². The number of aromatic nitrogens is 3. The van der Waals surface area contributed by atoms with Crippen LogP contribution in [-0.2, 0) is 23.8 Å². The van der Waals surface area contributed by atoms with Crippen molar-refractivity contribution in [3.63, 3.8) is 0 Å². The number of nitrogens with zero attached hydrogens (tertiary/aromatic N) is 3. The van der Waals surface area contributed by atoms with Crippen molar-refractivity contribution in [2.45, 2.75) is 70.8 Å². The first-order valence-electron chi connectivity index (χ1n) is 13.4. The summed E-state index contributed by atoms with van der Waals surface area (Å²) in [6.45, 7) is 9.32. The van der Waals surface area contributed by atoms with Gasteiger partial charge in [-0.3, -0.25) is 0 Å². The van der Waals surface area contributed by atoms with Gasteiger partial charge in [-0.15, -0.1) is 0 Å². The molecule has 2 unspecified atom stereocenters. The molecule has 0 amide bonds. The van der Waals surface area contributed by atoms with Gasteiger partial charge in [0.15, 0.2) is 5.52 Å². The van der Waals surface area contributed by atoms with Crippen LogP contribution in [0.3, 0.4) is 0 Å². The summed E-state index contributed by atoms with van der Waals surface area (Å²) < 4.78 is 11.7. The maximum Gasteiger partial charge on any atom is 0.288 e. The molecule has 1 saturated carbocycles. The second kappa shape index (κ2) is 6.47. The average molecular weight is 475 g/mol. The van der Waals surface area contributed by atoms with E-state index < -0.39 is 0 Å². The van der Waals surface area contributed by atoms with Crippen LogP contribution in [0.25, 0.3) is 27.6 Å². The van der Waals surface area contributed by atoms with E-state index in [2.05, 4.69) is 67.1 Å². The Balaban J connectivity index is 1.54. The third kappa shape index (κ3) is 2.36. The lowest BCUT2D eigenvalue weighted by Crippen LogP contribution is -2.76. The summed E-state index contributed by atoms with van der Waals surface area (Å²) >= 11 is 0. The van der Waals surface area contributed by atoms with Gasteiger partial charge in [-0.25, -0.2) is 9.55 Å². The van der Waals surface area contributed by atoms with Crippen LogP contribution in [0.5, 0.6) is 11.5 Å². The zero-order valence-corrected chi connectivity index (χ0v) is 21.6. The highest BCUT2D eigenvalue weighted by Crippen LogP contribution is 2.63. The zero-order valence-electron chi connectivity index (χ0n) is 21.6. The highest BCUT2D eigenvalue weighted by atomic mass is 16.5. The van der Waals surface area contributed by atoms with Gasteiger partial charge in [0.2, 0.25) is 5.52 Å². The van der Waals surface area contributed by atoms with Crippen molar-refractivity contribution in [1.82, 2.24) is 9.38 Å². The molecule has 36 heavy (non-hydrogen) atoms. The first-order valence-corrected chi connectivity index (χ1v) is 13.4. The second-order valence-electron chi connectivity index (χ2n) is 12.5. The molecule has 2 aliphatic heterocycles. The Hall–Kier alpha value is -3.40. The molecule has 5 aromatic rings. The molecule has 0 saturated heterocycles. The fraction of sp³-hybridized carbons (Fsp3) is 0.375. The van der Waals surface area contributed by atoms with Crippen LogP contribution in [-0.4, -0.2) is 9.38 Å². The first kappa shape index (κ1) is 20.8. The molecular formula is C32H32N3O+. The average Bonchev–Trinajstić information content (AvgIpc) is 3.20. The van der Waals surface area contributed by atoms with Gasteiger partial charge >= 0.3 is 0 Å². The number of rotatable bonds is 4. The molecule has 2 atom stereocenters. The van der Waals surface area contributed by atoms with Crippen molar-refractivity contribution in [1.29, 1.82) is 0 Å². The number of para-hydroxylation sites is 1.